The molecule has 0 spiro atoms. The summed E-state index contributed by atoms with van der Waals surface area (Å²) in [4.78, 5) is 4.51. The van der Waals surface area contributed by atoms with Crippen LogP contribution >= 0.6 is 0 Å². The van der Waals surface area contributed by atoms with Gasteiger partial charge >= 0.3 is 0 Å². The molecule has 88 valence electrons. The Morgan fingerprint density at radius 3 is 2.53 bits per heavy atom. The highest BCUT2D eigenvalue weighted by molar-refractivity contribution is 6.41. The fourth-order valence-corrected chi connectivity index (χ4v) is 2.91. The van der Waals surface area contributed by atoms with Crippen LogP contribution in [0.2, 0.25) is 0 Å². The molecule has 1 aromatic heterocycles. The molecule has 0 saturated heterocycles. The molecule has 0 radical (unpaired) electrons. The van der Waals surface area contributed by atoms with Crippen LogP contribution in [0, 0.1) is 0 Å². The van der Waals surface area contributed by atoms with Crippen LogP contribution in [0.5, 0.6) is 0 Å². The highest BCUT2D eigenvalue weighted by Crippen LogP contribution is 2.29. The Labute approximate surface area is 112 Å². The van der Waals surface area contributed by atoms with Crippen molar-refractivity contribution in [3.8, 4) is 0 Å². The van der Waals surface area contributed by atoms with Gasteiger partial charge in [-0.05, 0) is 27.6 Å². The number of pyridine rings is 1. The van der Waals surface area contributed by atoms with E-state index in [9.17, 15) is 0 Å². The maximum atomic E-state index is 4.51. The van der Waals surface area contributed by atoms with Gasteiger partial charge in [-0.3, -0.25) is 4.98 Å². The number of aromatic nitrogens is 1. The quantitative estimate of drug-likeness (QED) is 0.341. The molecule has 0 atom stereocenters. The first-order valence-electron chi connectivity index (χ1n) is 6.50. The van der Waals surface area contributed by atoms with Crippen LogP contribution in [0.1, 0.15) is 0 Å². The number of hydrogen-bond donors (Lipinski definition) is 0. The van der Waals surface area contributed by atoms with E-state index in [1.54, 1.807) is 0 Å². The van der Waals surface area contributed by atoms with Gasteiger partial charge in [0.2, 0.25) is 0 Å². The molecule has 0 N–H and O–H groups in total. The summed E-state index contributed by atoms with van der Waals surface area (Å²) in [6, 6.07) is 19.4. The molecule has 0 unspecified atom stereocenters. The van der Waals surface area contributed by atoms with E-state index in [1.807, 2.05) is 12.3 Å². The Bertz CT molecular complexity index is 928. The number of benzene rings is 3. The van der Waals surface area contributed by atoms with Crippen molar-refractivity contribution in [3.63, 3.8) is 0 Å². The lowest BCUT2D eigenvalue weighted by Crippen LogP contribution is -2.05. The minimum atomic E-state index is 1.10. The van der Waals surface area contributed by atoms with Gasteiger partial charge in [-0.2, -0.15) is 0 Å². The first kappa shape index (κ1) is 10.6. The van der Waals surface area contributed by atoms with Crippen molar-refractivity contribution in [1.29, 1.82) is 0 Å². The van der Waals surface area contributed by atoms with Gasteiger partial charge in [0.15, 0.2) is 0 Å². The van der Waals surface area contributed by atoms with Crippen molar-refractivity contribution < 1.29 is 0 Å². The third-order valence-corrected chi connectivity index (χ3v) is 3.80. The van der Waals surface area contributed by atoms with Crippen LogP contribution in [-0.4, -0.2) is 12.8 Å². The molecule has 0 aliphatic carbocycles. The van der Waals surface area contributed by atoms with E-state index in [-0.39, 0.29) is 0 Å². The van der Waals surface area contributed by atoms with Gasteiger partial charge in [-0.15, -0.1) is 0 Å². The van der Waals surface area contributed by atoms with Crippen molar-refractivity contribution in [2.24, 2.45) is 0 Å². The number of rotatable bonds is 0. The summed E-state index contributed by atoms with van der Waals surface area (Å²) in [6.07, 6.45) is 1.86. The smallest absolute Gasteiger partial charge is 0.142 e. The minimum absolute atomic E-state index is 1.10. The maximum absolute atomic E-state index is 4.51. The zero-order valence-electron chi connectivity index (χ0n) is 10.7. The Hall–Kier alpha value is -2.35. The predicted molar refractivity (Wildman–Crippen MR) is 84.9 cm³/mol. The normalized spacial score (nSPS) is 11.4. The predicted octanol–water partition coefficient (Wildman–Crippen LogP) is 2.80. The molecule has 1 nitrogen and oxygen atoms in total. The van der Waals surface area contributed by atoms with Crippen molar-refractivity contribution >= 4 is 45.8 Å². The molecule has 19 heavy (non-hydrogen) atoms. The SMILES string of the molecule is Bc1cc2c3ccccc3ccc2c2cccnc12. The molecule has 0 aliphatic rings. The van der Waals surface area contributed by atoms with Gasteiger partial charge in [0.05, 0.1) is 5.52 Å². The lowest BCUT2D eigenvalue weighted by atomic mass is 9.88. The van der Waals surface area contributed by atoms with E-state index < -0.39 is 0 Å². The first-order chi connectivity index (χ1) is 9.34. The molecule has 4 rings (SSSR count). The van der Waals surface area contributed by atoms with Crippen LogP contribution < -0.4 is 5.46 Å². The highest BCUT2D eigenvalue weighted by Gasteiger charge is 2.06. The second kappa shape index (κ2) is 3.82. The Balaban J connectivity index is 2.34. The topological polar surface area (TPSA) is 12.9 Å². The monoisotopic (exact) mass is 241 g/mol. The minimum Gasteiger partial charge on any atom is -0.257 e. The third-order valence-electron chi connectivity index (χ3n) is 3.80. The van der Waals surface area contributed by atoms with Crippen molar-refractivity contribution in [2.75, 3.05) is 0 Å². The average Bonchev–Trinajstić information content (AvgIpc) is 2.47. The van der Waals surface area contributed by atoms with Gasteiger partial charge in [-0.1, -0.05) is 54.0 Å². The molecule has 1 heterocycles. The molecular weight excluding hydrogens is 229 g/mol. The van der Waals surface area contributed by atoms with Crippen LogP contribution in [0.25, 0.3) is 32.4 Å². The zero-order valence-corrected chi connectivity index (χ0v) is 10.7. The van der Waals surface area contributed by atoms with Crippen LogP contribution in [0.4, 0.5) is 0 Å². The van der Waals surface area contributed by atoms with Crippen LogP contribution in [0.3, 0.4) is 0 Å². The van der Waals surface area contributed by atoms with Gasteiger partial charge in [0.25, 0.3) is 0 Å². The number of nitrogens with zero attached hydrogens (tertiary/aromatic N) is 1. The fourth-order valence-electron chi connectivity index (χ4n) is 2.91. The average molecular weight is 241 g/mol. The Morgan fingerprint density at radius 1 is 0.737 bits per heavy atom. The zero-order chi connectivity index (χ0) is 12.8. The van der Waals surface area contributed by atoms with Crippen molar-refractivity contribution in [1.82, 2.24) is 4.98 Å². The molecule has 0 saturated carbocycles. The summed E-state index contributed by atoms with van der Waals surface area (Å²) >= 11 is 0. The van der Waals surface area contributed by atoms with E-state index in [1.165, 1.54) is 32.4 Å². The summed E-state index contributed by atoms with van der Waals surface area (Å²) in [5.74, 6) is 0. The first-order valence-corrected chi connectivity index (χ1v) is 6.50. The summed E-state index contributed by atoms with van der Waals surface area (Å²) < 4.78 is 0. The van der Waals surface area contributed by atoms with Crippen LogP contribution in [-0.2, 0) is 0 Å². The summed E-state index contributed by atoms with van der Waals surface area (Å²) in [5, 5.41) is 6.44. The molecule has 3 aromatic carbocycles. The number of fused-ring (bicyclic) bond motifs is 5. The fraction of sp³-hybridized carbons (Fsp3) is 0. The van der Waals surface area contributed by atoms with E-state index in [0.29, 0.717) is 0 Å². The second-order valence-electron chi connectivity index (χ2n) is 4.97. The number of hydrogen-bond acceptors (Lipinski definition) is 1. The van der Waals surface area contributed by atoms with Gasteiger partial charge in [0, 0.05) is 11.6 Å². The Kier molecular flexibility index (Phi) is 2.13. The lowest BCUT2D eigenvalue weighted by molar-refractivity contribution is 1.43. The molecule has 4 aromatic rings. The summed E-state index contributed by atoms with van der Waals surface area (Å²) in [7, 11) is 2.14. The third kappa shape index (κ3) is 1.46. The van der Waals surface area contributed by atoms with Gasteiger partial charge < -0.3 is 0 Å². The van der Waals surface area contributed by atoms with E-state index >= 15 is 0 Å². The second-order valence-corrected chi connectivity index (χ2v) is 4.97. The maximum Gasteiger partial charge on any atom is 0.142 e. The Morgan fingerprint density at radius 2 is 1.58 bits per heavy atom. The molecule has 2 heteroatoms. The summed E-state index contributed by atoms with van der Waals surface area (Å²) in [6.45, 7) is 0. The molecule has 0 aliphatic heterocycles. The summed E-state index contributed by atoms with van der Waals surface area (Å²) in [5.41, 5.74) is 2.34. The largest absolute Gasteiger partial charge is 0.257 e. The van der Waals surface area contributed by atoms with E-state index in [4.69, 9.17) is 0 Å². The van der Waals surface area contributed by atoms with Crippen molar-refractivity contribution in [2.45, 2.75) is 0 Å². The van der Waals surface area contributed by atoms with E-state index in [0.717, 1.165) is 5.52 Å². The molecule has 0 fully saturated rings. The van der Waals surface area contributed by atoms with Crippen molar-refractivity contribution in [3.05, 3.63) is 60.8 Å². The lowest BCUT2D eigenvalue weighted by Gasteiger charge is -2.09. The van der Waals surface area contributed by atoms with Crippen LogP contribution in [0.15, 0.2) is 60.8 Å². The standard InChI is InChI=1S/C17H12BN/c18-16-10-15-12-5-2-1-4-11(12)7-8-13(15)14-6-3-9-19-17(14)16/h1-10H,18H2. The van der Waals surface area contributed by atoms with Gasteiger partial charge in [0.1, 0.15) is 7.85 Å². The molecule has 0 amide bonds. The van der Waals surface area contributed by atoms with E-state index in [2.05, 4.69) is 61.4 Å². The highest BCUT2D eigenvalue weighted by atomic mass is 14.6. The molecular formula is C17H12BN. The molecule has 0 bridgehead atoms. The van der Waals surface area contributed by atoms with Gasteiger partial charge in [-0.25, -0.2) is 0 Å².